The van der Waals surface area contributed by atoms with Crippen LogP contribution in [-0.2, 0) is 17.6 Å². The van der Waals surface area contributed by atoms with E-state index in [2.05, 4.69) is 22.2 Å². The minimum atomic E-state index is 0.772. The molecule has 2 rings (SSSR count). The quantitative estimate of drug-likeness (QED) is 0.769. The third-order valence-corrected chi connectivity index (χ3v) is 2.95. The fourth-order valence-corrected chi connectivity index (χ4v) is 2.12. The van der Waals surface area contributed by atoms with Gasteiger partial charge >= 0.3 is 0 Å². The van der Waals surface area contributed by atoms with Crippen LogP contribution in [0, 0.1) is 6.92 Å². The number of ether oxygens (including phenoxy) is 1. The summed E-state index contributed by atoms with van der Waals surface area (Å²) < 4.78 is 5.00. The van der Waals surface area contributed by atoms with Gasteiger partial charge in [0.1, 0.15) is 0 Å². The zero-order valence-electron chi connectivity index (χ0n) is 10.0. The van der Waals surface area contributed by atoms with Crippen molar-refractivity contribution in [3.63, 3.8) is 0 Å². The Labute approximate surface area is 96.4 Å². The summed E-state index contributed by atoms with van der Waals surface area (Å²) in [5.41, 5.74) is 3.74. The Balaban J connectivity index is 1.97. The lowest BCUT2D eigenvalue weighted by Gasteiger charge is -2.08. The molecule has 1 aromatic heterocycles. The lowest BCUT2D eigenvalue weighted by atomic mass is 10.2. The van der Waals surface area contributed by atoms with Crippen LogP contribution in [0.3, 0.4) is 0 Å². The molecule has 0 amide bonds. The van der Waals surface area contributed by atoms with Crippen molar-refractivity contribution < 1.29 is 4.74 Å². The molecule has 0 bridgehead atoms. The van der Waals surface area contributed by atoms with Crippen LogP contribution in [0.2, 0.25) is 0 Å². The summed E-state index contributed by atoms with van der Waals surface area (Å²) in [6.45, 7) is 3.72. The Hall–Kier alpha value is -1.16. The normalized spacial score (nSPS) is 13.9. The maximum atomic E-state index is 5.00. The van der Waals surface area contributed by atoms with Crippen molar-refractivity contribution >= 4 is 5.95 Å². The molecule has 0 aliphatic heterocycles. The summed E-state index contributed by atoms with van der Waals surface area (Å²) in [7, 11) is 1.72. The van der Waals surface area contributed by atoms with Crippen molar-refractivity contribution in [1.29, 1.82) is 0 Å². The molecule has 1 aliphatic rings. The van der Waals surface area contributed by atoms with Gasteiger partial charge in [0.15, 0.2) is 0 Å². The third kappa shape index (κ3) is 2.50. The number of nitrogens with one attached hydrogen (secondary N) is 1. The lowest BCUT2D eigenvalue weighted by Crippen LogP contribution is -2.10. The van der Waals surface area contributed by atoms with Crippen molar-refractivity contribution in [2.24, 2.45) is 0 Å². The van der Waals surface area contributed by atoms with Crippen LogP contribution < -0.4 is 5.32 Å². The Morgan fingerprint density at radius 3 is 3.00 bits per heavy atom. The van der Waals surface area contributed by atoms with Crippen molar-refractivity contribution in [3.05, 3.63) is 17.0 Å². The Kier molecular flexibility index (Phi) is 3.72. The highest BCUT2D eigenvalue weighted by molar-refractivity contribution is 5.36. The molecule has 0 atom stereocenters. The molecular weight excluding hydrogens is 202 g/mol. The molecule has 0 saturated heterocycles. The summed E-state index contributed by atoms with van der Waals surface area (Å²) in [5, 5.41) is 3.25. The van der Waals surface area contributed by atoms with Gasteiger partial charge in [-0.2, -0.15) is 0 Å². The second-order valence-electron chi connectivity index (χ2n) is 4.18. The van der Waals surface area contributed by atoms with Gasteiger partial charge in [0.05, 0.1) is 0 Å². The molecule has 88 valence electrons. The molecule has 0 fully saturated rings. The number of fused-ring (bicyclic) bond motifs is 1. The van der Waals surface area contributed by atoms with Gasteiger partial charge in [0.2, 0.25) is 5.95 Å². The fourth-order valence-electron chi connectivity index (χ4n) is 2.12. The van der Waals surface area contributed by atoms with Crippen molar-refractivity contribution in [1.82, 2.24) is 9.97 Å². The molecule has 0 radical (unpaired) electrons. The predicted molar refractivity (Wildman–Crippen MR) is 63.8 cm³/mol. The van der Waals surface area contributed by atoms with E-state index in [0.29, 0.717) is 0 Å². The van der Waals surface area contributed by atoms with Gasteiger partial charge in [0.25, 0.3) is 0 Å². The number of hydrogen-bond acceptors (Lipinski definition) is 4. The van der Waals surface area contributed by atoms with Gasteiger partial charge in [-0.3, -0.25) is 0 Å². The number of aryl methyl sites for hydroxylation is 2. The number of anilines is 1. The maximum absolute atomic E-state index is 5.00. The minimum Gasteiger partial charge on any atom is -0.385 e. The lowest BCUT2D eigenvalue weighted by molar-refractivity contribution is 0.197. The molecular formula is C12H19N3O. The zero-order chi connectivity index (χ0) is 11.4. The largest absolute Gasteiger partial charge is 0.385 e. The van der Waals surface area contributed by atoms with Crippen LogP contribution in [0.5, 0.6) is 0 Å². The van der Waals surface area contributed by atoms with Gasteiger partial charge in [-0.1, -0.05) is 0 Å². The van der Waals surface area contributed by atoms with Crippen molar-refractivity contribution in [2.45, 2.75) is 32.6 Å². The number of methoxy groups -OCH3 is 1. The number of hydrogen-bond donors (Lipinski definition) is 1. The van der Waals surface area contributed by atoms with Crippen LogP contribution in [0.15, 0.2) is 0 Å². The predicted octanol–water partition coefficient (Wildman–Crippen LogP) is 1.72. The number of nitrogens with zero attached hydrogens (tertiary/aromatic N) is 2. The molecule has 0 aromatic carbocycles. The SMILES string of the molecule is COCCCNc1nc(C)c2c(n1)CCC2. The molecule has 0 unspecified atom stereocenters. The van der Waals surface area contributed by atoms with Gasteiger partial charge < -0.3 is 10.1 Å². The molecule has 1 aromatic rings. The first-order chi connectivity index (χ1) is 7.81. The van der Waals surface area contributed by atoms with E-state index < -0.39 is 0 Å². The second kappa shape index (κ2) is 5.25. The van der Waals surface area contributed by atoms with Gasteiger partial charge in [-0.05, 0) is 38.2 Å². The van der Waals surface area contributed by atoms with Crippen LogP contribution in [0.25, 0.3) is 0 Å². The van der Waals surface area contributed by atoms with E-state index in [1.807, 2.05) is 0 Å². The highest BCUT2D eigenvalue weighted by Crippen LogP contribution is 2.23. The first-order valence-electron chi connectivity index (χ1n) is 5.90. The van der Waals surface area contributed by atoms with Crippen LogP contribution in [0.1, 0.15) is 29.8 Å². The van der Waals surface area contributed by atoms with Crippen LogP contribution in [0.4, 0.5) is 5.95 Å². The molecule has 4 nitrogen and oxygen atoms in total. The first-order valence-corrected chi connectivity index (χ1v) is 5.90. The molecule has 0 saturated carbocycles. The fraction of sp³-hybridized carbons (Fsp3) is 0.667. The highest BCUT2D eigenvalue weighted by Gasteiger charge is 2.16. The maximum Gasteiger partial charge on any atom is 0.223 e. The second-order valence-corrected chi connectivity index (χ2v) is 4.18. The molecule has 1 heterocycles. The van der Waals surface area contributed by atoms with Crippen LogP contribution >= 0.6 is 0 Å². The minimum absolute atomic E-state index is 0.772. The van der Waals surface area contributed by atoms with E-state index in [1.165, 1.54) is 17.7 Å². The summed E-state index contributed by atoms with van der Waals surface area (Å²) >= 11 is 0. The number of aromatic nitrogens is 2. The molecule has 1 aliphatic carbocycles. The van der Waals surface area contributed by atoms with Gasteiger partial charge in [-0.25, -0.2) is 9.97 Å². The van der Waals surface area contributed by atoms with Crippen LogP contribution in [-0.4, -0.2) is 30.2 Å². The van der Waals surface area contributed by atoms with E-state index in [9.17, 15) is 0 Å². The molecule has 1 N–H and O–H groups in total. The van der Waals surface area contributed by atoms with E-state index in [4.69, 9.17) is 4.74 Å². The highest BCUT2D eigenvalue weighted by atomic mass is 16.5. The van der Waals surface area contributed by atoms with Crippen molar-refractivity contribution in [3.8, 4) is 0 Å². The Bertz CT molecular complexity index is 366. The Morgan fingerprint density at radius 1 is 1.31 bits per heavy atom. The van der Waals surface area contributed by atoms with Gasteiger partial charge in [0, 0.05) is 31.6 Å². The average molecular weight is 221 g/mol. The van der Waals surface area contributed by atoms with Crippen molar-refractivity contribution in [2.75, 3.05) is 25.6 Å². The summed E-state index contributed by atoms with van der Waals surface area (Å²) in [4.78, 5) is 9.03. The number of rotatable bonds is 5. The van der Waals surface area contributed by atoms with E-state index in [1.54, 1.807) is 7.11 Å². The van der Waals surface area contributed by atoms with E-state index in [-0.39, 0.29) is 0 Å². The first kappa shape index (κ1) is 11.3. The average Bonchev–Trinajstić information content (AvgIpc) is 2.73. The monoisotopic (exact) mass is 221 g/mol. The topological polar surface area (TPSA) is 47.0 Å². The van der Waals surface area contributed by atoms with E-state index >= 15 is 0 Å². The summed E-state index contributed by atoms with van der Waals surface area (Å²) in [6.07, 6.45) is 4.45. The zero-order valence-corrected chi connectivity index (χ0v) is 10.0. The van der Waals surface area contributed by atoms with E-state index in [0.717, 1.165) is 44.1 Å². The molecule has 4 heteroatoms. The summed E-state index contributed by atoms with van der Waals surface area (Å²) in [6, 6.07) is 0. The van der Waals surface area contributed by atoms with Gasteiger partial charge in [-0.15, -0.1) is 0 Å². The Morgan fingerprint density at radius 2 is 2.19 bits per heavy atom. The summed E-state index contributed by atoms with van der Waals surface area (Å²) in [5.74, 6) is 0.772. The smallest absolute Gasteiger partial charge is 0.223 e. The standard InChI is InChI=1S/C12H19N3O/c1-9-10-5-3-6-11(10)15-12(14-9)13-7-4-8-16-2/h3-8H2,1-2H3,(H,13,14,15). The molecule has 16 heavy (non-hydrogen) atoms. The third-order valence-electron chi connectivity index (χ3n) is 2.95. The molecule has 0 spiro atoms.